The second-order valence-corrected chi connectivity index (χ2v) is 4.20. The van der Waals surface area contributed by atoms with Crippen molar-refractivity contribution < 1.29 is 18.7 Å². The summed E-state index contributed by atoms with van der Waals surface area (Å²) in [6.45, 7) is 0. The van der Waals surface area contributed by atoms with Gasteiger partial charge in [-0.2, -0.15) is 0 Å². The number of carbonyl (C=O) groups excluding carboxylic acids is 2. The van der Waals surface area contributed by atoms with Crippen LogP contribution in [0.25, 0.3) is 0 Å². The van der Waals surface area contributed by atoms with Gasteiger partial charge in [-0.15, -0.1) is 0 Å². The number of anilines is 1. The van der Waals surface area contributed by atoms with Gasteiger partial charge >= 0.3 is 0 Å². The van der Waals surface area contributed by atoms with E-state index in [-0.39, 0.29) is 22.7 Å². The Morgan fingerprint density at radius 2 is 1.71 bits per heavy atom. The van der Waals surface area contributed by atoms with Crippen molar-refractivity contribution in [1.82, 2.24) is 0 Å². The molecule has 2 amide bonds. The van der Waals surface area contributed by atoms with E-state index in [1.54, 1.807) is 0 Å². The lowest BCUT2D eigenvalue weighted by Crippen LogP contribution is -2.15. The molecule has 0 heterocycles. The third kappa shape index (κ3) is 2.92. The van der Waals surface area contributed by atoms with Gasteiger partial charge in [0.1, 0.15) is 17.1 Å². The molecule has 0 unspecified atom stereocenters. The normalized spacial score (nSPS) is 10.1. The number of halogens is 1. The van der Waals surface area contributed by atoms with E-state index in [1.807, 2.05) is 0 Å². The fourth-order valence-electron chi connectivity index (χ4n) is 1.72. The summed E-state index contributed by atoms with van der Waals surface area (Å²) in [5, 5.41) is 0. The molecule has 0 aliphatic heterocycles. The number of primary amides is 2. The van der Waals surface area contributed by atoms with Gasteiger partial charge in [0.15, 0.2) is 5.75 Å². The second kappa shape index (κ2) is 5.49. The Bertz CT molecular complexity index is 731. The quantitative estimate of drug-likeness (QED) is 0.736. The van der Waals surface area contributed by atoms with Crippen molar-refractivity contribution in [1.29, 1.82) is 0 Å². The third-order valence-corrected chi connectivity index (χ3v) is 2.74. The lowest BCUT2D eigenvalue weighted by molar-refractivity contribution is 0.0987. The molecule has 0 aromatic heterocycles. The largest absolute Gasteiger partial charge is 0.454 e. The predicted molar refractivity (Wildman–Crippen MR) is 74.4 cm³/mol. The lowest BCUT2D eigenvalue weighted by Gasteiger charge is -2.12. The van der Waals surface area contributed by atoms with Crippen molar-refractivity contribution in [2.24, 2.45) is 11.5 Å². The van der Waals surface area contributed by atoms with E-state index in [0.29, 0.717) is 0 Å². The molecule has 0 saturated heterocycles. The summed E-state index contributed by atoms with van der Waals surface area (Å²) in [5.41, 5.74) is 16.0. The molecular weight excluding hydrogens is 277 g/mol. The molecule has 21 heavy (non-hydrogen) atoms. The van der Waals surface area contributed by atoms with Crippen LogP contribution in [-0.4, -0.2) is 11.8 Å². The van der Waals surface area contributed by atoms with Gasteiger partial charge in [0.25, 0.3) is 5.91 Å². The standard InChI is InChI=1S/C14H12FN3O3/c15-8-2-1-3-10(12(8)14(18)20)21-11-6-7(13(17)19)4-5-9(11)16/h1-6H,16H2,(H2,17,19)(H2,18,20). The highest BCUT2D eigenvalue weighted by molar-refractivity contribution is 5.96. The average molecular weight is 289 g/mol. The number of amides is 2. The van der Waals surface area contributed by atoms with Crippen LogP contribution in [-0.2, 0) is 0 Å². The Balaban J connectivity index is 2.48. The maximum atomic E-state index is 13.6. The molecule has 2 rings (SSSR count). The number of nitrogens with two attached hydrogens (primary N) is 3. The van der Waals surface area contributed by atoms with Crippen molar-refractivity contribution in [3.63, 3.8) is 0 Å². The monoisotopic (exact) mass is 289 g/mol. The van der Waals surface area contributed by atoms with Crippen LogP contribution in [0.2, 0.25) is 0 Å². The van der Waals surface area contributed by atoms with E-state index < -0.39 is 23.2 Å². The van der Waals surface area contributed by atoms with E-state index in [0.717, 1.165) is 6.07 Å². The molecule has 0 spiro atoms. The first kappa shape index (κ1) is 14.3. The number of ether oxygens (including phenoxy) is 1. The van der Waals surface area contributed by atoms with Crippen molar-refractivity contribution in [2.45, 2.75) is 0 Å². The van der Waals surface area contributed by atoms with Gasteiger partial charge in [0.05, 0.1) is 5.69 Å². The van der Waals surface area contributed by atoms with Crippen LogP contribution in [0.1, 0.15) is 20.7 Å². The van der Waals surface area contributed by atoms with E-state index in [9.17, 15) is 14.0 Å². The van der Waals surface area contributed by atoms with E-state index in [2.05, 4.69) is 0 Å². The molecule has 0 radical (unpaired) electrons. The number of nitrogen functional groups attached to an aromatic ring is 1. The zero-order valence-electron chi connectivity index (χ0n) is 10.8. The van der Waals surface area contributed by atoms with Crippen LogP contribution in [0.15, 0.2) is 36.4 Å². The number of hydrogen-bond donors (Lipinski definition) is 3. The van der Waals surface area contributed by atoms with Gasteiger partial charge in [-0.05, 0) is 30.3 Å². The first-order chi connectivity index (χ1) is 9.90. The number of benzene rings is 2. The minimum atomic E-state index is -0.979. The first-order valence-corrected chi connectivity index (χ1v) is 5.85. The summed E-state index contributed by atoms with van der Waals surface area (Å²) < 4.78 is 19.0. The maximum Gasteiger partial charge on any atom is 0.255 e. The zero-order valence-corrected chi connectivity index (χ0v) is 10.8. The van der Waals surface area contributed by atoms with Gasteiger partial charge in [-0.25, -0.2) is 4.39 Å². The molecule has 0 aliphatic rings. The van der Waals surface area contributed by atoms with Gasteiger partial charge in [-0.3, -0.25) is 9.59 Å². The molecule has 7 heteroatoms. The molecular formula is C14H12FN3O3. The Hall–Kier alpha value is -3.09. The maximum absolute atomic E-state index is 13.6. The summed E-state index contributed by atoms with van der Waals surface area (Å²) in [6, 6.07) is 7.93. The fourth-order valence-corrected chi connectivity index (χ4v) is 1.72. The van der Waals surface area contributed by atoms with Crippen LogP contribution in [0, 0.1) is 5.82 Å². The van der Waals surface area contributed by atoms with Crippen molar-refractivity contribution >= 4 is 17.5 Å². The molecule has 0 fully saturated rings. The van der Waals surface area contributed by atoms with Crippen LogP contribution in [0.4, 0.5) is 10.1 Å². The van der Waals surface area contributed by atoms with Crippen molar-refractivity contribution in [3.05, 3.63) is 53.3 Å². The average Bonchev–Trinajstić information content (AvgIpc) is 2.40. The number of rotatable bonds is 4. The second-order valence-electron chi connectivity index (χ2n) is 4.20. The molecule has 2 aromatic carbocycles. The summed E-state index contributed by atoms with van der Waals surface area (Å²) in [4.78, 5) is 22.4. The summed E-state index contributed by atoms with van der Waals surface area (Å²) >= 11 is 0. The van der Waals surface area contributed by atoms with Crippen LogP contribution < -0.4 is 21.9 Å². The number of hydrogen-bond acceptors (Lipinski definition) is 4. The number of carbonyl (C=O) groups is 2. The molecule has 2 aromatic rings. The Labute approximate surface area is 119 Å². The van der Waals surface area contributed by atoms with E-state index in [4.69, 9.17) is 21.9 Å². The third-order valence-electron chi connectivity index (χ3n) is 2.74. The van der Waals surface area contributed by atoms with Gasteiger partial charge in [0.2, 0.25) is 5.91 Å². The Morgan fingerprint density at radius 3 is 2.33 bits per heavy atom. The van der Waals surface area contributed by atoms with Crippen molar-refractivity contribution in [3.8, 4) is 11.5 Å². The van der Waals surface area contributed by atoms with Gasteiger partial charge in [0, 0.05) is 5.56 Å². The molecule has 6 N–H and O–H groups in total. The van der Waals surface area contributed by atoms with Gasteiger partial charge in [-0.1, -0.05) is 6.07 Å². The molecule has 0 saturated carbocycles. The Kier molecular flexibility index (Phi) is 3.75. The molecule has 0 atom stereocenters. The van der Waals surface area contributed by atoms with Gasteiger partial charge < -0.3 is 21.9 Å². The highest BCUT2D eigenvalue weighted by Crippen LogP contribution is 2.31. The zero-order chi connectivity index (χ0) is 15.6. The van der Waals surface area contributed by atoms with Crippen LogP contribution >= 0.6 is 0 Å². The Morgan fingerprint density at radius 1 is 1.00 bits per heavy atom. The highest BCUT2D eigenvalue weighted by atomic mass is 19.1. The highest BCUT2D eigenvalue weighted by Gasteiger charge is 2.17. The topological polar surface area (TPSA) is 121 Å². The summed E-state index contributed by atoms with van der Waals surface area (Å²) in [7, 11) is 0. The summed E-state index contributed by atoms with van der Waals surface area (Å²) in [5.74, 6) is -2.50. The smallest absolute Gasteiger partial charge is 0.255 e. The molecule has 108 valence electrons. The lowest BCUT2D eigenvalue weighted by atomic mass is 10.1. The van der Waals surface area contributed by atoms with E-state index >= 15 is 0 Å². The molecule has 0 bridgehead atoms. The predicted octanol–water partition coefficient (Wildman–Crippen LogP) is 1.40. The van der Waals surface area contributed by atoms with Crippen LogP contribution in [0.3, 0.4) is 0 Å². The minimum absolute atomic E-state index is 0.0689. The minimum Gasteiger partial charge on any atom is -0.454 e. The molecule has 0 aliphatic carbocycles. The summed E-state index contributed by atoms with van der Waals surface area (Å²) in [6.07, 6.45) is 0. The SMILES string of the molecule is NC(=O)c1ccc(N)c(Oc2cccc(F)c2C(N)=O)c1. The molecule has 6 nitrogen and oxygen atoms in total. The van der Waals surface area contributed by atoms with E-state index in [1.165, 1.54) is 30.3 Å². The fraction of sp³-hybridized carbons (Fsp3) is 0. The first-order valence-electron chi connectivity index (χ1n) is 5.85. The van der Waals surface area contributed by atoms with Crippen LogP contribution in [0.5, 0.6) is 11.5 Å². The van der Waals surface area contributed by atoms with Crippen molar-refractivity contribution in [2.75, 3.05) is 5.73 Å².